The van der Waals surface area contributed by atoms with Crippen LogP contribution < -0.4 is 4.74 Å². The summed E-state index contributed by atoms with van der Waals surface area (Å²) in [5.41, 5.74) is 1.21. The van der Waals surface area contributed by atoms with Crippen LogP contribution in [0.2, 0.25) is 0 Å². The summed E-state index contributed by atoms with van der Waals surface area (Å²) < 4.78 is 10.7. The summed E-state index contributed by atoms with van der Waals surface area (Å²) in [7, 11) is 1.66. The van der Waals surface area contributed by atoms with Crippen LogP contribution in [-0.2, 0) is 9.53 Å². The highest BCUT2D eigenvalue weighted by Crippen LogP contribution is 2.27. The number of fused-ring (bicyclic) bond motifs is 1. The Balaban J connectivity index is 1.96. The predicted molar refractivity (Wildman–Crippen MR) is 107 cm³/mol. The average molecular weight is 407 g/mol. The Morgan fingerprint density at radius 2 is 1.84 bits per heavy atom. The fraction of sp³-hybridized carbons (Fsp3) is 0.476. The number of hydrogen-bond donors (Lipinski definition) is 0. The molecule has 25 heavy (non-hydrogen) atoms. The molecule has 0 N–H and O–H groups in total. The van der Waals surface area contributed by atoms with Crippen molar-refractivity contribution >= 4 is 32.7 Å². The number of esters is 1. The van der Waals surface area contributed by atoms with Crippen molar-refractivity contribution < 1.29 is 14.3 Å². The van der Waals surface area contributed by atoms with E-state index < -0.39 is 0 Å². The number of alkyl halides is 1. The van der Waals surface area contributed by atoms with Crippen LogP contribution in [0.4, 0.5) is 0 Å². The zero-order chi connectivity index (χ0) is 18.4. The van der Waals surface area contributed by atoms with Gasteiger partial charge in [0, 0.05) is 5.33 Å². The summed E-state index contributed by atoms with van der Waals surface area (Å²) in [5, 5.41) is 3.14. The van der Waals surface area contributed by atoms with Crippen LogP contribution in [0.5, 0.6) is 5.75 Å². The van der Waals surface area contributed by atoms with E-state index in [-0.39, 0.29) is 17.3 Å². The molecular formula is C21H27BrO3. The van der Waals surface area contributed by atoms with E-state index >= 15 is 0 Å². The third-order valence-electron chi connectivity index (χ3n) is 4.53. The SMILES string of the molecule is COc1ccc2cc(C(C)C(=O)OCCCC(C)(C)CBr)ccc2c1. The van der Waals surface area contributed by atoms with E-state index in [9.17, 15) is 4.79 Å². The second-order valence-corrected chi connectivity index (χ2v) is 7.82. The first-order chi connectivity index (χ1) is 11.9. The lowest BCUT2D eigenvalue weighted by atomic mass is 9.91. The highest BCUT2D eigenvalue weighted by molar-refractivity contribution is 9.09. The number of methoxy groups -OCH3 is 1. The molecule has 0 aliphatic carbocycles. The molecule has 1 atom stereocenters. The monoisotopic (exact) mass is 406 g/mol. The molecule has 0 amide bonds. The van der Waals surface area contributed by atoms with E-state index in [1.165, 1.54) is 0 Å². The first kappa shape index (κ1) is 19.8. The zero-order valence-electron chi connectivity index (χ0n) is 15.5. The van der Waals surface area contributed by atoms with Crippen molar-refractivity contribution in [3.8, 4) is 5.75 Å². The second kappa shape index (κ2) is 8.70. The van der Waals surface area contributed by atoms with Gasteiger partial charge in [-0.05, 0) is 53.6 Å². The van der Waals surface area contributed by atoms with Crippen molar-refractivity contribution in [2.75, 3.05) is 19.0 Å². The number of carbonyl (C=O) groups excluding carboxylic acids is 1. The van der Waals surface area contributed by atoms with Crippen molar-refractivity contribution in [3.05, 3.63) is 42.0 Å². The second-order valence-electron chi connectivity index (χ2n) is 7.26. The van der Waals surface area contributed by atoms with E-state index in [1.807, 2.05) is 37.3 Å². The van der Waals surface area contributed by atoms with Crippen LogP contribution in [-0.4, -0.2) is 25.0 Å². The van der Waals surface area contributed by atoms with Crippen molar-refractivity contribution in [1.29, 1.82) is 0 Å². The number of halogens is 1. The van der Waals surface area contributed by atoms with Gasteiger partial charge in [-0.25, -0.2) is 0 Å². The lowest BCUT2D eigenvalue weighted by Crippen LogP contribution is -2.17. The fourth-order valence-corrected chi connectivity index (χ4v) is 2.97. The van der Waals surface area contributed by atoms with Gasteiger partial charge in [0.05, 0.1) is 19.6 Å². The lowest BCUT2D eigenvalue weighted by Gasteiger charge is -2.21. The van der Waals surface area contributed by atoms with Crippen molar-refractivity contribution in [1.82, 2.24) is 0 Å². The van der Waals surface area contributed by atoms with Crippen molar-refractivity contribution in [3.63, 3.8) is 0 Å². The number of hydrogen-bond acceptors (Lipinski definition) is 3. The van der Waals surface area contributed by atoms with Gasteiger partial charge in [-0.2, -0.15) is 0 Å². The lowest BCUT2D eigenvalue weighted by molar-refractivity contribution is -0.145. The Labute approximate surface area is 158 Å². The van der Waals surface area contributed by atoms with Crippen molar-refractivity contribution in [2.24, 2.45) is 5.41 Å². The minimum Gasteiger partial charge on any atom is -0.497 e. The predicted octanol–water partition coefficient (Wildman–Crippen LogP) is 5.70. The maximum absolute atomic E-state index is 12.3. The summed E-state index contributed by atoms with van der Waals surface area (Å²) in [6.45, 7) is 6.78. The van der Waals surface area contributed by atoms with Gasteiger partial charge in [-0.15, -0.1) is 0 Å². The maximum atomic E-state index is 12.3. The van der Waals surface area contributed by atoms with Gasteiger partial charge in [0.2, 0.25) is 0 Å². The topological polar surface area (TPSA) is 35.5 Å². The smallest absolute Gasteiger partial charge is 0.313 e. The molecule has 0 aliphatic heterocycles. The Kier molecular flexibility index (Phi) is 6.88. The highest BCUT2D eigenvalue weighted by Gasteiger charge is 2.19. The van der Waals surface area contributed by atoms with Gasteiger partial charge < -0.3 is 9.47 Å². The maximum Gasteiger partial charge on any atom is 0.313 e. The van der Waals surface area contributed by atoms with E-state index in [2.05, 4.69) is 35.8 Å². The van der Waals surface area contributed by atoms with Crippen LogP contribution in [0, 0.1) is 5.41 Å². The molecule has 1 unspecified atom stereocenters. The van der Waals surface area contributed by atoms with Crippen LogP contribution in [0.25, 0.3) is 10.8 Å². The fourth-order valence-electron chi connectivity index (χ4n) is 2.69. The van der Waals surface area contributed by atoms with Crippen LogP contribution in [0.15, 0.2) is 36.4 Å². The molecule has 0 aliphatic rings. The first-order valence-electron chi connectivity index (χ1n) is 8.66. The van der Waals surface area contributed by atoms with E-state index in [4.69, 9.17) is 9.47 Å². The summed E-state index contributed by atoms with van der Waals surface area (Å²) >= 11 is 3.52. The molecule has 4 heteroatoms. The molecule has 2 rings (SSSR count). The average Bonchev–Trinajstić information content (AvgIpc) is 2.63. The van der Waals surface area contributed by atoms with E-state index in [0.29, 0.717) is 6.61 Å². The van der Waals surface area contributed by atoms with E-state index in [0.717, 1.165) is 40.3 Å². The van der Waals surface area contributed by atoms with Gasteiger partial charge in [0.1, 0.15) is 5.75 Å². The Bertz CT molecular complexity index is 724. The third kappa shape index (κ3) is 5.46. The minimum absolute atomic E-state index is 0.162. The molecule has 0 fully saturated rings. The molecule has 0 radical (unpaired) electrons. The van der Waals surface area contributed by atoms with Gasteiger partial charge in [0.15, 0.2) is 0 Å². The molecular weight excluding hydrogens is 380 g/mol. The summed E-state index contributed by atoms with van der Waals surface area (Å²) in [6, 6.07) is 12.0. The molecule has 0 saturated carbocycles. The van der Waals surface area contributed by atoms with Gasteiger partial charge >= 0.3 is 5.97 Å². The third-order valence-corrected chi connectivity index (χ3v) is 6.05. The van der Waals surface area contributed by atoms with Gasteiger partial charge in [0.25, 0.3) is 0 Å². The van der Waals surface area contributed by atoms with Crippen LogP contribution >= 0.6 is 15.9 Å². The molecule has 0 saturated heterocycles. The standard InChI is InChI=1S/C21H27BrO3/c1-15(20(23)25-11-5-10-21(2,3)14-22)16-6-7-18-13-19(24-4)9-8-17(18)12-16/h6-9,12-13,15H,5,10-11,14H2,1-4H3. The molecule has 3 nitrogen and oxygen atoms in total. The highest BCUT2D eigenvalue weighted by atomic mass is 79.9. The Morgan fingerprint density at radius 1 is 1.16 bits per heavy atom. The first-order valence-corrected chi connectivity index (χ1v) is 9.79. The Hall–Kier alpha value is -1.55. The number of rotatable bonds is 8. The number of benzene rings is 2. The summed E-state index contributed by atoms with van der Waals surface area (Å²) in [5.74, 6) is 0.402. The van der Waals surface area contributed by atoms with Crippen LogP contribution in [0.3, 0.4) is 0 Å². The molecule has 0 bridgehead atoms. The minimum atomic E-state index is -0.268. The molecule has 0 spiro atoms. The quantitative estimate of drug-likeness (QED) is 0.320. The van der Waals surface area contributed by atoms with Gasteiger partial charge in [-0.3, -0.25) is 4.79 Å². The molecule has 0 heterocycles. The van der Waals surface area contributed by atoms with Crippen molar-refractivity contribution in [2.45, 2.75) is 39.5 Å². The molecule has 136 valence electrons. The van der Waals surface area contributed by atoms with Gasteiger partial charge in [-0.1, -0.05) is 54.0 Å². The largest absolute Gasteiger partial charge is 0.497 e. The summed E-state index contributed by atoms with van der Waals surface area (Å²) in [6.07, 6.45) is 1.91. The Morgan fingerprint density at radius 3 is 2.52 bits per heavy atom. The normalized spacial score (nSPS) is 12.8. The van der Waals surface area contributed by atoms with E-state index in [1.54, 1.807) is 7.11 Å². The molecule has 0 aromatic heterocycles. The number of carbonyl (C=O) groups is 1. The zero-order valence-corrected chi connectivity index (χ0v) is 17.1. The number of ether oxygens (including phenoxy) is 2. The molecule has 2 aromatic carbocycles. The molecule has 2 aromatic rings. The van der Waals surface area contributed by atoms with Crippen LogP contribution in [0.1, 0.15) is 45.1 Å². The summed E-state index contributed by atoms with van der Waals surface area (Å²) in [4.78, 5) is 12.3.